The highest BCUT2D eigenvalue weighted by Crippen LogP contribution is 2.30. The molecule has 2 N–H and O–H groups in total. The van der Waals surface area contributed by atoms with Crippen molar-refractivity contribution in [3.05, 3.63) is 53.3 Å². The van der Waals surface area contributed by atoms with E-state index in [4.69, 9.17) is 16.3 Å². The largest absolute Gasteiger partial charge is 0.495 e. The molecule has 10 heteroatoms. The van der Waals surface area contributed by atoms with Crippen molar-refractivity contribution >= 4 is 57.1 Å². The van der Waals surface area contributed by atoms with E-state index in [-0.39, 0.29) is 17.5 Å². The molecule has 27 heavy (non-hydrogen) atoms. The van der Waals surface area contributed by atoms with E-state index in [1.165, 1.54) is 36.3 Å². The number of ether oxygens (including phenoxy) is 1. The smallest absolute Gasteiger partial charge is 0.234 e. The van der Waals surface area contributed by atoms with Crippen LogP contribution in [0.1, 0.15) is 0 Å². The van der Waals surface area contributed by atoms with Gasteiger partial charge in [-0.25, -0.2) is 4.39 Å². The van der Waals surface area contributed by atoms with E-state index in [9.17, 15) is 9.18 Å². The van der Waals surface area contributed by atoms with Gasteiger partial charge in [-0.05, 0) is 30.3 Å². The summed E-state index contributed by atoms with van der Waals surface area (Å²) in [5.74, 6) is 0.0328. The molecule has 0 aliphatic carbocycles. The summed E-state index contributed by atoms with van der Waals surface area (Å²) in [5.41, 5.74) is 0.811. The van der Waals surface area contributed by atoms with Gasteiger partial charge < -0.3 is 15.4 Å². The lowest BCUT2D eigenvalue weighted by Crippen LogP contribution is -2.14. The number of benzene rings is 2. The Hall–Kier alpha value is -2.36. The number of hydrogen-bond donors (Lipinski definition) is 2. The number of carbonyl (C=O) groups excluding carboxylic acids is 1. The van der Waals surface area contributed by atoms with Crippen LogP contribution >= 0.6 is 34.7 Å². The van der Waals surface area contributed by atoms with Gasteiger partial charge in [0.1, 0.15) is 11.6 Å². The van der Waals surface area contributed by atoms with Crippen LogP contribution in [0.5, 0.6) is 5.75 Å². The minimum Gasteiger partial charge on any atom is -0.495 e. The molecule has 0 fully saturated rings. The van der Waals surface area contributed by atoms with E-state index in [2.05, 4.69) is 20.8 Å². The van der Waals surface area contributed by atoms with Crippen molar-refractivity contribution in [1.82, 2.24) is 10.2 Å². The van der Waals surface area contributed by atoms with Gasteiger partial charge >= 0.3 is 0 Å². The zero-order valence-electron chi connectivity index (χ0n) is 14.0. The average molecular weight is 425 g/mol. The summed E-state index contributed by atoms with van der Waals surface area (Å²) < 4.78 is 19.4. The first-order chi connectivity index (χ1) is 13.0. The van der Waals surface area contributed by atoms with Crippen LogP contribution in [0, 0.1) is 5.82 Å². The minimum atomic E-state index is -0.378. The first-order valence-corrected chi connectivity index (χ1v) is 9.84. The van der Waals surface area contributed by atoms with Crippen LogP contribution in [0.25, 0.3) is 0 Å². The van der Waals surface area contributed by atoms with E-state index >= 15 is 0 Å². The van der Waals surface area contributed by atoms with Crippen molar-refractivity contribution < 1.29 is 13.9 Å². The van der Waals surface area contributed by atoms with Crippen molar-refractivity contribution in [2.24, 2.45) is 0 Å². The predicted molar refractivity (Wildman–Crippen MR) is 107 cm³/mol. The maximum absolute atomic E-state index is 13.6. The lowest BCUT2D eigenvalue weighted by Gasteiger charge is -2.09. The molecule has 0 bridgehead atoms. The number of halogens is 2. The van der Waals surface area contributed by atoms with Crippen molar-refractivity contribution in [1.29, 1.82) is 0 Å². The number of amides is 1. The standard InChI is InChI=1S/C17H14ClFN4O2S2/c1-25-14-7-6-10(18)8-13(14)20-15(24)9-26-17-23-22-16(27-17)21-12-5-3-2-4-11(12)19/h2-8H,9H2,1H3,(H,20,24)(H,21,22). The molecule has 0 aliphatic rings. The summed E-state index contributed by atoms with van der Waals surface area (Å²) in [4.78, 5) is 12.2. The van der Waals surface area contributed by atoms with Gasteiger partial charge in [0.15, 0.2) is 4.34 Å². The Labute approximate surface area is 168 Å². The fourth-order valence-corrected chi connectivity index (χ4v) is 3.82. The number of anilines is 3. The fourth-order valence-electron chi connectivity index (χ4n) is 2.09. The number of carbonyl (C=O) groups is 1. The number of aromatic nitrogens is 2. The monoisotopic (exact) mass is 424 g/mol. The quantitative estimate of drug-likeness (QED) is 0.530. The molecule has 1 aromatic heterocycles. The molecule has 0 spiro atoms. The number of thioether (sulfide) groups is 1. The highest BCUT2D eigenvalue weighted by Gasteiger charge is 2.12. The molecule has 0 aliphatic heterocycles. The van der Waals surface area contributed by atoms with Crippen LogP contribution in [0.3, 0.4) is 0 Å². The van der Waals surface area contributed by atoms with E-state index in [1.54, 1.807) is 36.4 Å². The van der Waals surface area contributed by atoms with Crippen molar-refractivity contribution in [3.8, 4) is 5.75 Å². The predicted octanol–water partition coefficient (Wildman–Crippen LogP) is 4.81. The lowest BCUT2D eigenvalue weighted by molar-refractivity contribution is -0.113. The van der Waals surface area contributed by atoms with Gasteiger partial charge in [0.25, 0.3) is 0 Å². The maximum Gasteiger partial charge on any atom is 0.234 e. The third kappa shape index (κ3) is 5.31. The number of rotatable bonds is 7. The zero-order chi connectivity index (χ0) is 19.2. The van der Waals surface area contributed by atoms with Gasteiger partial charge in [0, 0.05) is 5.02 Å². The molecule has 3 aromatic rings. The highest BCUT2D eigenvalue weighted by molar-refractivity contribution is 8.01. The Kier molecular flexibility index (Phi) is 6.49. The van der Waals surface area contributed by atoms with Gasteiger partial charge in [-0.15, -0.1) is 10.2 Å². The third-order valence-electron chi connectivity index (χ3n) is 3.28. The number of para-hydroxylation sites is 1. The molecular weight excluding hydrogens is 411 g/mol. The number of nitrogens with one attached hydrogen (secondary N) is 2. The average Bonchev–Trinajstić information content (AvgIpc) is 3.10. The molecule has 0 radical (unpaired) electrons. The van der Waals surface area contributed by atoms with Gasteiger partial charge in [-0.1, -0.05) is 46.8 Å². The number of hydrogen-bond acceptors (Lipinski definition) is 7. The van der Waals surface area contributed by atoms with Crippen LogP contribution < -0.4 is 15.4 Å². The van der Waals surface area contributed by atoms with Crippen LogP contribution in [0.4, 0.5) is 20.9 Å². The SMILES string of the molecule is COc1ccc(Cl)cc1NC(=O)CSc1nnc(Nc2ccccc2F)s1. The number of nitrogens with zero attached hydrogens (tertiary/aromatic N) is 2. The van der Waals surface area contributed by atoms with E-state index < -0.39 is 0 Å². The molecule has 2 aromatic carbocycles. The summed E-state index contributed by atoms with van der Waals surface area (Å²) in [5, 5.41) is 14.5. The summed E-state index contributed by atoms with van der Waals surface area (Å²) in [7, 11) is 1.51. The van der Waals surface area contributed by atoms with Gasteiger partial charge in [-0.3, -0.25) is 4.79 Å². The summed E-state index contributed by atoms with van der Waals surface area (Å²) in [6.07, 6.45) is 0. The molecule has 1 heterocycles. The summed E-state index contributed by atoms with van der Waals surface area (Å²) in [6.45, 7) is 0. The number of methoxy groups -OCH3 is 1. The molecule has 140 valence electrons. The molecule has 0 saturated carbocycles. The molecule has 0 atom stereocenters. The van der Waals surface area contributed by atoms with Gasteiger partial charge in [0.2, 0.25) is 11.0 Å². The fraction of sp³-hybridized carbons (Fsp3) is 0.118. The first kappa shape index (κ1) is 19.4. The van der Waals surface area contributed by atoms with Crippen LogP contribution in [-0.4, -0.2) is 29.0 Å². The second-order valence-corrected chi connectivity index (χ2v) is 7.80. The van der Waals surface area contributed by atoms with Gasteiger partial charge in [-0.2, -0.15) is 0 Å². The van der Waals surface area contributed by atoms with E-state index in [0.717, 1.165) is 0 Å². The molecule has 0 saturated heterocycles. The van der Waals surface area contributed by atoms with Crippen LogP contribution in [0.2, 0.25) is 5.02 Å². The molecule has 3 rings (SSSR count). The molecule has 1 amide bonds. The van der Waals surface area contributed by atoms with Gasteiger partial charge in [0.05, 0.1) is 24.2 Å². The van der Waals surface area contributed by atoms with Crippen LogP contribution in [0.15, 0.2) is 46.8 Å². The lowest BCUT2D eigenvalue weighted by atomic mass is 10.3. The summed E-state index contributed by atoms with van der Waals surface area (Å²) in [6, 6.07) is 11.3. The second kappa shape index (κ2) is 9.03. The second-order valence-electron chi connectivity index (χ2n) is 5.16. The van der Waals surface area contributed by atoms with Crippen molar-refractivity contribution in [2.45, 2.75) is 4.34 Å². The molecule has 0 unspecified atom stereocenters. The van der Waals surface area contributed by atoms with Crippen molar-refractivity contribution in [2.75, 3.05) is 23.5 Å². The minimum absolute atomic E-state index is 0.129. The Bertz CT molecular complexity index is 954. The third-order valence-corrected chi connectivity index (χ3v) is 5.49. The molecule has 6 nitrogen and oxygen atoms in total. The Morgan fingerprint density at radius 3 is 2.85 bits per heavy atom. The Balaban J connectivity index is 1.56. The van der Waals surface area contributed by atoms with E-state index in [0.29, 0.717) is 31.6 Å². The molecular formula is C17H14ClFN4O2S2. The zero-order valence-corrected chi connectivity index (χ0v) is 16.4. The van der Waals surface area contributed by atoms with E-state index in [1.807, 2.05) is 0 Å². The normalized spacial score (nSPS) is 10.5. The Morgan fingerprint density at radius 2 is 2.07 bits per heavy atom. The first-order valence-electron chi connectivity index (χ1n) is 7.66. The summed E-state index contributed by atoms with van der Waals surface area (Å²) >= 11 is 8.41. The topological polar surface area (TPSA) is 76.1 Å². The van der Waals surface area contributed by atoms with Crippen LogP contribution in [-0.2, 0) is 4.79 Å². The van der Waals surface area contributed by atoms with Crippen molar-refractivity contribution in [3.63, 3.8) is 0 Å². The Morgan fingerprint density at radius 1 is 1.26 bits per heavy atom. The maximum atomic E-state index is 13.6. The highest BCUT2D eigenvalue weighted by atomic mass is 35.5.